The van der Waals surface area contributed by atoms with E-state index in [0.29, 0.717) is 0 Å². The molecule has 2 fully saturated rings. The molecular formula is C11H17F3O2. The molecule has 2 rings (SSSR count). The Hall–Kier alpha value is -0.290. The third-order valence-corrected chi connectivity index (χ3v) is 3.90. The summed E-state index contributed by atoms with van der Waals surface area (Å²) >= 11 is 0. The third kappa shape index (κ3) is 2.20. The second-order valence-corrected chi connectivity index (χ2v) is 5.04. The number of hydrogen-bond donors (Lipinski definition) is 1. The van der Waals surface area contributed by atoms with Gasteiger partial charge in [-0.2, -0.15) is 13.2 Å². The molecule has 16 heavy (non-hydrogen) atoms. The van der Waals surface area contributed by atoms with E-state index in [1.54, 1.807) is 0 Å². The molecule has 2 nitrogen and oxygen atoms in total. The van der Waals surface area contributed by atoms with E-state index in [1.165, 1.54) is 0 Å². The Morgan fingerprint density at radius 1 is 1.25 bits per heavy atom. The number of alkyl halides is 3. The number of ether oxygens (including phenoxy) is 1. The lowest BCUT2D eigenvalue weighted by Crippen LogP contribution is -2.40. The molecule has 1 saturated carbocycles. The van der Waals surface area contributed by atoms with Crippen molar-refractivity contribution in [3.8, 4) is 0 Å². The highest BCUT2D eigenvalue weighted by molar-refractivity contribution is 4.93. The number of fused-ring (bicyclic) bond motifs is 1. The van der Waals surface area contributed by atoms with E-state index >= 15 is 0 Å². The fourth-order valence-corrected chi connectivity index (χ4v) is 3.11. The van der Waals surface area contributed by atoms with Crippen molar-refractivity contribution in [2.45, 2.75) is 44.6 Å². The number of aliphatic hydroxyl groups is 1. The van der Waals surface area contributed by atoms with Crippen LogP contribution in [0.2, 0.25) is 0 Å². The highest BCUT2D eigenvalue weighted by atomic mass is 19.4. The Morgan fingerprint density at radius 3 is 2.50 bits per heavy atom. The van der Waals surface area contributed by atoms with Crippen LogP contribution in [0.5, 0.6) is 0 Å². The summed E-state index contributed by atoms with van der Waals surface area (Å²) in [5.41, 5.74) is 0. The van der Waals surface area contributed by atoms with Gasteiger partial charge in [0.2, 0.25) is 0 Å². The number of aliphatic hydroxyl groups excluding tert-OH is 1. The number of rotatable bonds is 1. The monoisotopic (exact) mass is 238 g/mol. The molecular weight excluding hydrogens is 221 g/mol. The first kappa shape index (κ1) is 12.2. The van der Waals surface area contributed by atoms with Crippen molar-refractivity contribution in [2.24, 2.45) is 17.8 Å². The molecule has 0 spiro atoms. The second kappa shape index (κ2) is 4.18. The van der Waals surface area contributed by atoms with Crippen LogP contribution in [0, 0.1) is 17.8 Å². The normalized spacial score (nSPS) is 44.4. The summed E-state index contributed by atoms with van der Waals surface area (Å²) in [6.07, 6.45) is -3.55. The summed E-state index contributed by atoms with van der Waals surface area (Å²) in [5, 5.41) is 9.18. The van der Waals surface area contributed by atoms with Crippen molar-refractivity contribution >= 4 is 0 Å². The molecule has 1 saturated heterocycles. The van der Waals surface area contributed by atoms with Crippen LogP contribution in [-0.2, 0) is 4.74 Å². The number of hydrogen-bond acceptors (Lipinski definition) is 2. The summed E-state index contributed by atoms with van der Waals surface area (Å²) < 4.78 is 43.5. The molecule has 1 aliphatic carbocycles. The number of halogens is 3. The summed E-state index contributed by atoms with van der Waals surface area (Å²) in [5.74, 6) is -1.45. The van der Waals surface area contributed by atoms with Gasteiger partial charge < -0.3 is 9.84 Å². The van der Waals surface area contributed by atoms with Gasteiger partial charge in [0.25, 0.3) is 0 Å². The molecule has 5 heteroatoms. The Balaban J connectivity index is 2.10. The minimum Gasteiger partial charge on any atom is -0.396 e. The van der Waals surface area contributed by atoms with Crippen LogP contribution in [0.3, 0.4) is 0 Å². The van der Waals surface area contributed by atoms with Crippen LogP contribution < -0.4 is 0 Å². The van der Waals surface area contributed by atoms with Gasteiger partial charge in [-0.3, -0.25) is 0 Å². The van der Waals surface area contributed by atoms with Crippen LogP contribution in [-0.4, -0.2) is 30.1 Å². The lowest BCUT2D eigenvalue weighted by atomic mass is 9.72. The first-order valence-corrected chi connectivity index (χ1v) is 5.75. The van der Waals surface area contributed by atoms with E-state index < -0.39 is 12.1 Å². The van der Waals surface area contributed by atoms with Crippen molar-refractivity contribution in [3.05, 3.63) is 0 Å². The molecule has 1 aliphatic heterocycles. The maximum atomic E-state index is 12.7. The zero-order valence-electron chi connectivity index (χ0n) is 9.20. The molecule has 5 atom stereocenters. The molecule has 0 aromatic heterocycles. The predicted molar refractivity (Wildman–Crippen MR) is 51.8 cm³/mol. The van der Waals surface area contributed by atoms with Gasteiger partial charge in [0.15, 0.2) is 0 Å². The Bertz CT molecular complexity index is 246. The molecule has 0 amide bonds. The highest BCUT2D eigenvalue weighted by Crippen LogP contribution is 2.47. The maximum Gasteiger partial charge on any atom is 0.391 e. The fourth-order valence-electron chi connectivity index (χ4n) is 3.11. The molecule has 1 N–H and O–H groups in total. The van der Waals surface area contributed by atoms with Crippen LogP contribution >= 0.6 is 0 Å². The Kier molecular flexibility index (Phi) is 3.18. The molecule has 0 radical (unpaired) electrons. The van der Waals surface area contributed by atoms with E-state index in [2.05, 4.69) is 0 Å². The Labute approximate surface area is 92.8 Å². The molecule has 0 aromatic rings. The first-order valence-electron chi connectivity index (χ1n) is 5.75. The van der Waals surface area contributed by atoms with Crippen molar-refractivity contribution in [1.82, 2.24) is 0 Å². The average Bonchev–Trinajstić information content (AvgIpc) is 2.54. The molecule has 2 aliphatic rings. The summed E-state index contributed by atoms with van der Waals surface area (Å²) in [6.45, 7) is 1.72. The van der Waals surface area contributed by atoms with Crippen molar-refractivity contribution in [2.75, 3.05) is 6.61 Å². The quantitative estimate of drug-likeness (QED) is 0.760. The molecule has 0 bridgehead atoms. The topological polar surface area (TPSA) is 29.5 Å². The van der Waals surface area contributed by atoms with Crippen LogP contribution in [0.4, 0.5) is 13.2 Å². The van der Waals surface area contributed by atoms with Crippen molar-refractivity contribution in [1.29, 1.82) is 0 Å². The lowest BCUT2D eigenvalue weighted by molar-refractivity contribution is -0.200. The summed E-state index contributed by atoms with van der Waals surface area (Å²) in [6, 6.07) is 0. The smallest absolute Gasteiger partial charge is 0.391 e. The van der Waals surface area contributed by atoms with E-state index in [4.69, 9.17) is 4.74 Å². The van der Waals surface area contributed by atoms with Gasteiger partial charge in [-0.1, -0.05) is 0 Å². The fraction of sp³-hybridized carbons (Fsp3) is 1.00. The minimum absolute atomic E-state index is 0.0241. The molecule has 94 valence electrons. The van der Waals surface area contributed by atoms with Crippen LogP contribution in [0.25, 0.3) is 0 Å². The lowest BCUT2D eigenvalue weighted by Gasteiger charge is -2.37. The molecule has 0 unspecified atom stereocenters. The van der Waals surface area contributed by atoms with E-state index in [0.717, 1.165) is 6.42 Å². The van der Waals surface area contributed by atoms with Gasteiger partial charge in [0.05, 0.1) is 18.1 Å². The van der Waals surface area contributed by atoms with E-state index in [-0.39, 0.29) is 43.5 Å². The maximum absolute atomic E-state index is 12.7. The zero-order valence-corrected chi connectivity index (χ0v) is 9.20. The van der Waals surface area contributed by atoms with Gasteiger partial charge in [0, 0.05) is 6.61 Å². The summed E-state index contributed by atoms with van der Waals surface area (Å²) in [4.78, 5) is 0. The van der Waals surface area contributed by atoms with Gasteiger partial charge in [-0.05, 0) is 38.0 Å². The van der Waals surface area contributed by atoms with E-state index in [1.807, 2.05) is 6.92 Å². The van der Waals surface area contributed by atoms with Crippen molar-refractivity contribution in [3.63, 3.8) is 0 Å². The second-order valence-electron chi connectivity index (χ2n) is 5.04. The SMILES string of the molecule is C[C@H]1C[C@H]2[C@@H](CO)C[C@H](C(F)(F)F)C[C@H]2O1. The predicted octanol–water partition coefficient (Wildman–Crippen LogP) is 2.36. The zero-order chi connectivity index (χ0) is 11.9. The first-order chi connectivity index (χ1) is 7.41. The van der Waals surface area contributed by atoms with Gasteiger partial charge in [-0.15, -0.1) is 0 Å². The van der Waals surface area contributed by atoms with Gasteiger partial charge >= 0.3 is 6.18 Å². The minimum atomic E-state index is -4.16. The van der Waals surface area contributed by atoms with Crippen LogP contribution in [0.15, 0.2) is 0 Å². The van der Waals surface area contributed by atoms with Crippen molar-refractivity contribution < 1.29 is 23.0 Å². The van der Waals surface area contributed by atoms with Gasteiger partial charge in [-0.25, -0.2) is 0 Å². The van der Waals surface area contributed by atoms with E-state index in [9.17, 15) is 18.3 Å². The van der Waals surface area contributed by atoms with Gasteiger partial charge in [0.1, 0.15) is 0 Å². The Morgan fingerprint density at radius 2 is 1.94 bits per heavy atom. The van der Waals surface area contributed by atoms with Crippen LogP contribution in [0.1, 0.15) is 26.2 Å². The molecule has 0 aromatic carbocycles. The third-order valence-electron chi connectivity index (χ3n) is 3.90. The molecule has 1 heterocycles. The highest BCUT2D eigenvalue weighted by Gasteiger charge is 2.51. The standard InChI is InChI=1S/C11H17F3O2/c1-6-2-9-7(5-15)3-8(11(12,13)14)4-10(9)16-6/h6-10,15H,2-5H2,1H3/t6-,7+,8-,9-,10+/m0/s1. The average molecular weight is 238 g/mol. The summed E-state index contributed by atoms with van der Waals surface area (Å²) in [7, 11) is 0. The largest absolute Gasteiger partial charge is 0.396 e.